The third-order valence-corrected chi connectivity index (χ3v) is 6.69. The van der Waals surface area contributed by atoms with E-state index in [1.807, 2.05) is 13.8 Å². The second-order valence-electron chi connectivity index (χ2n) is 9.41. The van der Waals surface area contributed by atoms with Gasteiger partial charge in [-0.05, 0) is 69.6 Å². The third-order valence-electron chi connectivity index (χ3n) is 6.69. The van der Waals surface area contributed by atoms with Gasteiger partial charge in [0, 0.05) is 20.1 Å². The predicted molar refractivity (Wildman–Crippen MR) is 105 cm³/mol. The van der Waals surface area contributed by atoms with Crippen molar-refractivity contribution in [2.45, 2.75) is 64.6 Å². The van der Waals surface area contributed by atoms with Crippen LogP contribution >= 0.6 is 0 Å². The standard InChI is InChI=1S/C21H32N4O3/c1-12(2)28-21-17(10-22-25(21)11-18(26)24(3)4)20(27)23-19-15-6-13-5-14(8-15)9-16(19)7-13/h10,12-16,19H,5-9,11H2,1-4H3,(H,23,27). The van der Waals surface area contributed by atoms with Crippen LogP contribution in [0.25, 0.3) is 0 Å². The summed E-state index contributed by atoms with van der Waals surface area (Å²) in [6, 6.07) is 0.263. The van der Waals surface area contributed by atoms with Crippen molar-refractivity contribution >= 4 is 11.8 Å². The summed E-state index contributed by atoms with van der Waals surface area (Å²) in [5, 5.41) is 7.59. The van der Waals surface area contributed by atoms with Crippen molar-refractivity contribution in [3.63, 3.8) is 0 Å². The number of ether oxygens (including phenoxy) is 1. The molecule has 0 unspecified atom stereocenters. The number of likely N-dealkylation sites (N-methyl/N-ethyl adjacent to an activating group) is 1. The minimum atomic E-state index is -0.128. The van der Waals surface area contributed by atoms with Gasteiger partial charge >= 0.3 is 0 Å². The molecule has 0 aliphatic heterocycles. The van der Waals surface area contributed by atoms with Crippen LogP contribution < -0.4 is 10.1 Å². The van der Waals surface area contributed by atoms with Crippen LogP contribution in [0, 0.1) is 23.7 Å². The van der Waals surface area contributed by atoms with Crippen molar-refractivity contribution in [3.8, 4) is 5.88 Å². The number of hydrogen-bond acceptors (Lipinski definition) is 4. The number of nitrogens with zero attached hydrogens (tertiary/aromatic N) is 3. The van der Waals surface area contributed by atoms with Crippen LogP contribution in [0.3, 0.4) is 0 Å². The molecule has 1 N–H and O–H groups in total. The van der Waals surface area contributed by atoms with Crippen LogP contribution in [0.4, 0.5) is 0 Å². The quantitative estimate of drug-likeness (QED) is 0.811. The van der Waals surface area contributed by atoms with Crippen LogP contribution in [0.1, 0.15) is 56.3 Å². The SMILES string of the molecule is CC(C)Oc1c(C(=O)NC2C3CC4CC(C3)CC2C4)cnn1CC(=O)N(C)C. The average Bonchev–Trinajstić information content (AvgIpc) is 2.99. The number of carbonyl (C=O) groups is 2. The molecule has 2 amide bonds. The summed E-state index contributed by atoms with van der Waals surface area (Å²) in [4.78, 5) is 26.8. The van der Waals surface area contributed by atoms with E-state index in [-0.39, 0.29) is 30.5 Å². The van der Waals surface area contributed by atoms with Gasteiger partial charge in [-0.1, -0.05) is 0 Å². The molecule has 7 heteroatoms. The average molecular weight is 389 g/mol. The van der Waals surface area contributed by atoms with Crippen molar-refractivity contribution in [2.75, 3.05) is 14.1 Å². The van der Waals surface area contributed by atoms with E-state index >= 15 is 0 Å². The lowest BCUT2D eigenvalue weighted by Crippen LogP contribution is -2.55. The van der Waals surface area contributed by atoms with E-state index in [1.54, 1.807) is 14.1 Å². The Morgan fingerprint density at radius 3 is 2.32 bits per heavy atom. The summed E-state index contributed by atoms with van der Waals surface area (Å²) in [5.74, 6) is 3.12. The number of amides is 2. The molecule has 5 rings (SSSR count). The van der Waals surface area contributed by atoms with Crippen molar-refractivity contribution in [2.24, 2.45) is 23.7 Å². The summed E-state index contributed by atoms with van der Waals surface area (Å²) < 4.78 is 7.39. The highest BCUT2D eigenvalue weighted by Crippen LogP contribution is 2.53. The first-order valence-electron chi connectivity index (χ1n) is 10.5. The lowest BCUT2D eigenvalue weighted by atomic mass is 9.54. The topological polar surface area (TPSA) is 76.5 Å². The lowest BCUT2D eigenvalue weighted by molar-refractivity contribution is -0.129. The Labute approximate surface area is 166 Å². The molecule has 0 atom stereocenters. The van der Waals surface area contributed by atoms with Gasteiger partial charge in [-0.2, -0.15) is 5.10 Å². The predicted octanol–water partition coefficient (Wildman–Crippen LogP) is 2.31. The van der Waals surface area contributed by atoms with Gasteiger partial charge in [-0.15, -0.1) is 0 Å². The summed E-state index contributed by atoms with van der Waals surface area (Å²) in [5.41, 5.74) is 0.425. The lowest BCUT2D eigenvalue weighted by Gasteiger charge is -2.54. The minimum Gasteiger partial charge on any atom is -0.475 e. The summed E-state index contributed by atoms with van der Waals surface area (Å²) in [6.07, 6.45) is 7.83. The molecule has 1 aromatic rings. The molecule has 4 bridgehead atoms. The molecular formula is C21H32N4O3. The molecule has 0 spiro atoms. The summed E-state index contributed by atoms with van der Waals surface area (Å²) >= 11 is 0. The Kier molecular flexibility index (Phi) is 5.10. The maximum atomic E-state index is 13.1. The number of hydrogen-bond donors (Lipinski definition) is 1. The first-order chi connectivity index (χ1) is 13.3. The minimum absolute atomic E-state index is 0.0559. The molecule has 28 heavy (non-hydrogen) atoms. The summed E-state index contributed by atoms with van der Waals surface area (Å²) in [7, 11) is 3.41. The Bertz CT molecular complexity index is 727. The van der Waals surface area contributed by atoms with Crippen LogP contribution in [0.15, 0.2) is 6.20 Å². The van der Waals surface area contributed by atoms with Crippen molar-refractivity contribution in [1.82, 2.24) is 20.0 Å². The zero-order valence-electron chi connectivity index (χ0n) is 17.4. The van der Waals surface area contributed by atoms with Gasteiger partial charge < -0.3 is 15.0 Å². The van der Waals surface area contributed by atoms with Gasteiger partial charge in [0.15, 0.2) is 0 Å². The molecule has 0 aromatic carbocycles. The van der Waals surface area contributed by atoms with Crippen molar-refractivity contribution in [1.29, 1.82) is 0 Å². The second kappa shape index (κ2) is 7.41. The maximum absolute atomic E-state index is 13.1. The van der Waals surface area contributed by atoms with Gasteiger partial charge in [0.05, 0.1) is 12.3 Å². The van der Waals surface area contributed by atoms with Crippen LogP contribution in [0.2, 0.25) is 0 Å². The zero-order valence-corrected chi connectivity index (χ0v) is 17.4. The molecule has 7 nitrogen and oxygen atoms in total. The van der Waals surface area contributed by atoms with E-state index in [0.29, 0.717) is 23.3 Å². The monoisotopic (exact) mass is 388 g/mol. The molecule has 4 aliphatic carbocycles. The normalized spacial score (nSPS) is 30.5. The van der Waals surface area contributed by atoms with Gasteiger partial charge in [0.1, 0.15) is 12.1 Å². The molecule has 0 saturated heterocycles. The summed E-state index contributed by atoms with van der Waals surface area (Å²) in [6.45, 7) is 3.87. The largest absolute Gasteiger partial charge is 0.475 e. The van der Waals surface area contributed by atoms with Crippen LogP contribution in [0.5, 0.6) is 5.88 Å². The molecule has 0 radical (unpaired) electrons. The number of aromatic nitrogens is 2. The van der Waals surface area contributed by atoms with Crippen LogP contribution in [-0.2, 0) is 11.3 Å². The van der Waals surface area contributed by atoms with Gasteiger partial charge in [0.25, 0.3) is 5.91 Å². The highest BCUT2D eigenvalue weighted by molar-refractivity contribution is 5.96. The van der Waals surface area contributed by atoms with Crippen LogP contribution in [-0.4, -0.2) is 52.7 Å². The molecule has 4 fully saturated rings. The third kappa shape index (κ3) is 3.63. The highest BCUT2D eigenvalue weighted by atomic mass is 16.5. The van der Waals surface area contributed by atoms with Crippen molar-refractivity contribution in [3.05, 3.63) is 11.8 Å². The Morgan fingerprint density at radius 2 is 1.79 bits per heavy atom. The number of carbonyl (C=O) groups excluding carboxylic acids is 2. The van der Waals surface area contributed by atoms with Gasteiger partial charge in [0.2, 0.25) is 11.8 Å². The Morgan fingerprint density at radius 1 is 1.18 bits per heavy atom. The number of rotatable bonds is 6. The van der Waals surface area contributed by atoms with E-state index < -0.39 is 0 Å². The fourth-order valence-corrected chi connectivity index (χ4v) is 5.65. The van der Waals surface area contributed by atoms with Gasteiger partial charge in [-0.3, -0.25) is 9.59 Å². The smallest absolute Gasteiger partial charge is 0.258 e. The van der Waals surface area contributed by atoms with Crippen molar-refractivity contribution < 1.29 is 14.3 Å². The van der Waals surface area contributed by atoms with E-state index in [1.165, 1.54) is 47.9 Å². The Balaban J connectivity index is 1.52. The first kappa shape index (κ1) is 19.3. The number of nitrogens with one attached hydrogen (secondary N) is 1. The molecule has 154 valence electrons. The molecule has 1 aromatic heterocycles. The molecular weight excluding hydrogens is 356 g/mol. The van der Waals surface area contributed by atoms with E-state index in [4.69, 9.17) is 4.74 Å². The fraction of sp³-hybridized carbons (Fsp3) is 0.762. The molecule has 4 saturated carbocycles. The molecule has 4 aliphatic rings. The van der Waals surface area contributed by atoms with E-state index in [2.05, 4.69) is 10.4 Å². The Hall–Kier alpha value is -2.05. The highest BCUT2D eigenvalue weighted by Gasteiger charge is 2.48. The molecule has 1 heterocycles. The zero-order chi connectivity index (χ0) is 20.0. The maximum Gasteiger partial charge on any atom is 0.258 e. The second-order valence-corrected chi connectivity index (χ2v) is 9.41. The first-order valence-corrected chi connectivity index (χ1v) is 10.5. The van der Waals surface area contributed by atoms with E-state index in [0.717, 1.165) is 11.8 Å². The van der Waals surface area contributed by atoms with Gasteiger partial charge in [-0.25, -0.2) is 4.68 Å². The fourth-order valence-electron chi connectivity index (χ4n) is 5.65. The van der Waals surface area contributed by atoms with E-state index in [9.17, 15) is 9.59 Å².